The predicted molar refractivity (Wildman–Crippen MR) is 95.4 cm³/mol. The van der Waals surface area contributed by atoms with Crippen LogP contribution in [0.15, 0.2) is 48.5 Å². The second-order valence-corrected chi connectivity index (χ2v) is 6.81. The third-order valence-electron chi connectivity index (χ3n) is 4.86. The number of aliphatic hydroxyl groups is 2. The molecule has 0 aromatic heterocycles. The van der Waals surface area contributed by atoms with E-state index >= 15 is 0 Å². The van der Waals surface area contributed by atoms with Gasteiger partial charge in [0, 0.05) is 11.1 Å². The van der Waals surface area contributed by atoms with E-state index in [0.717, 1.165) is 5.56 Å². The quantitative estimate of drug-likeness (QED) is 0.604. The Morgan fingerprint density at radius 1 is 0.821 bits per heavy atom. The number of rotatable bonds is 5. The van der Waals surface area contributed by atoms with Crippen LogP contribution in [0.4, 0.5) is 0 Å². The lowest BCUT2D eigenvalue weighted by Crippen LogP contribution is -2.44. The third kappa shape index (κ3) is 3.83. The summed E-state index contributed by atoms with van der Waals surface area (Å²) in [4.78, 5) is 0. The molecule has 4 rings (SSSR count). The van der Waals surface area contributed by atoms with Crippen LogP contribution in [0.2, 0.25) is 0 Å². The largest absolute Gasteiger partial charge is 0.508 e. The molecule has 2 aromatic carbocycles. The molecule has 8 nitrogen and oxygen atoms in total. The number of benzene rings is 2. The molecule has 8 heteroatoms. The smallest absolute Gasteiger partial charge is 0.184 e. The summed E-state index contributed by atoms with van der Waals surface area (Å²) in [7, 11) is 0. The number of ether oxygens (including phenoxy) is 4. The Hall–Kier alpha value is -2.20. The molecular weight excluding hydrogens is 368 g/mol. The first kappa shape index (κ1) is 19.1. The van der Waals surface area contributed by atoms with Crippen molar-refractivity contribution in [2.45, 2.75) is 37.0 Å². The van der Waals surface area contributed by atoms with Crippen LogP contribution in [-0.4, -0.2) is 58.1 Å². The Morgan fingerprint density at radius 3 is 1.96 bits per heavy atom. The van der Waals surface area contributed by atoms with Gasteiger partial charge in [0.2, 0.25) is 0 Å². The maximum Gasteiger partial charge on any atom is 0.184 e. The highest BCUT2D eigenvalue weighted by molar-refractivity contribution is 5.28. The normalized spacial score (nSPS) is 31.1. The second-order valence-electron chi connectivity index (χ2n) is 6.81. The minimum Gasteiger partial charge on any atom is -0.508 e. The van der Waals surface area contributed by atoms with Gasteiger partial charge in [0.25, 0.3) is 0 Å². The molecule has 2 aliphatic heterocycles. The Labute approximate surface area is 161 Å². The lowest BCUT2D eigenvalue weighted by molar-refractivity contribution is -0.107. The summed E-state index contributed by atoms with van der Waals surface area (Å²) in [6.45, 7) is -0.266. The fraction of sp³-hybridized carbons (Fsp3) is 0.400. The van der Waals surface area contributed by atoms with Gasteiger partial charge in [-0.05, 0) is 24.3 Å². The van der Waals surface area contributed by atoms with Gasteiger partial charge in [-0.2, -0.15) is 0 Å². The minimum absolute atomic E-state index is 0.120. The van der Waals surface area contributed by atoms with Gasteiger partial charge >= 0.3 is 0 Å². The first-order valence-electron chi connectivity index (χ1n) is 9.00. The predicted octanol–water partition coefficient (Wildman–Crippen LogP) is 1.35. The van der Waals surface area contributed by atoms with Gasteiger partial charge in [-0.25, -0.2) is 0 Å². The van der Waals surface area contributed by atoms with Crippen LogP contribution in [0.5, 0.6) is 11.5 Å². The number of aliphatic hydroxyl groups excluding tert-OH is 2. The van der Waals surface area contributed by atoms with Gasteiger partial charge in [0.1, 0.15) is 35.9 Å². The van der Waals surface area contributed by atoms with E-state index in [2.05, 4.69) is 0 Å². The fourth-order valence-electron chi connectivity index (χ4n) is 3.37. The van der Waals surface area contributed by atoms with Gasteiger partial charge in [-0.15, -0.1) is 0 Å². The third-order valence-corrected chi connectivity index (χ3v) is 4.86. The van der Waals surface area contributed by atoms with Crippen LogP contribution in [0.25, 0.3) is 0 Å². The molecule has 0 saturated carbocycles. The number of phenolic OH excluding ortho intramolecular Hbond substituents is 2. The fourth-order valence-corrected chi connectivity index (χ4v) is 3.37. The monoisotopic (exact) mass is 390 g/mol. The van der Waals surface area contributed by atoms with Crippen LogP contribution >= 0.6 is 0 Å². The van der Waals surface area contributed by atoms with Crippen molar-refractivity contribution in [3.63, 3.8) is 0 Å². The first-order valence-corrected chi connectivity index (χ1v) is 9.00. The summed E-state index contributed by atoms with van der Waals surface area (Å²) in [6, 6.07) is 12.9. The summed E-state index contributed by atoms with van der Waals surface area (Å²) in [5.41, 5.74) is 1.41. The Balaban J connectivity index is 1.49. The van der Waals surface area contributed by atoms with E-state index in [1.54, 1.807) is 36.4 Å². The summed E-state index contributed by atoms with van der Waals surface area (Å²) in [5, 5.41) is 38.4. The molecule has 2 aromatic rings. The maximum absolute atomic E-state index is 10.2. The molecule has 0 spiro atoms. The van der Waals surface area contributed by atoms with E-state index in [4.69, 9.17) is 18.9 Å². The van der Waals surface area contributed by atoms with E-state index in [-0.39, 0.29) is 18.1 Å². The first-order chi connectivity index (χ1) is 13.5. The van der Waals surface area contributed by atoms with E-state index in [1.807, 2.05) is 0 Å². The zero-order valence-electron chi connectivity index (χ0n) is 14.9. The average Bonchev–Trinajstić information content (AvgIpc) is 3.36. The van der Waals surface area contributed by atoms with Crippen molar-refractivity contribution in [3.8, 4) is 11.5 Å². The molecule has 6 atom stereocenters. The van der Waals surface area contributed by atoms with Crippen LogP contribution in [-0.2, 0) is 18.9 Å². The van der Waals surface area contributed by atoms with E-state index < -0.39 is 43.6 Å². The summed E-state index contributed by atoms with van der Waals surface area (Å²) >= 11 is 0. The number of hydrogen-bond acceptors (Lipinski definition) is 8. The van der Waals surface area contributed by atoms with Crippen LogP contribution in [0.1, 0.15) is 23.7 Å². The lowest BCUT2D eigenvalue weighted by atomic mass is 10.0. The zero-order valence-corrected chi connectivity index (χ0v) is 14.9. The van der Waals surface area contributed by atoms with Gasteiger partial charge in [0.15, 0.2) is 12.6 Å². The number of hydrogen-bond donors (Lipinski definition) is 4. The maximum atomic E-state index is 10.2. The standard InChI is InChI=1S/C20H22O8/c21-9-15(24)17-18(28-20(27-17)12-3-7-14(23)8-4-12)16-10-25-19(26-16)11-1-5-13(22)6-2-11/h1-8,15-24H,9-10H2/t15-,16+,17+,18+,19?,20?/m0/s1. The molecular formula is C20H22O8. The van der Waals surface area contributed by atoms with Crippen molar-refractivity contribution in [1.82, 2.24) is 0 Å². The molecule has 2 heterocycles. The topological polar surface area (TPSA) is 118 Å². The van der Waals surface area contributed by atoms with Gasteiger partial charge in [-0.1, -0.05) is 24.3 Å². The molecule has 0 amide bonds. The number of aromatic hydroxyl groups is 2. The summed E-state index contributed by atoms with van der Waals surface area (Å²) < 4.78 is 23.5. The van der Waals surface area contributed by atoms with E-state index in [1.165, 1.54) is 12.1 Å². The van der Waals surface area contributed by atoms with Crippen molar-refractivity contribution in [3.05, 3.63) is 59.7 Å². The highest BCUT2D eigenvalue weighted by Crippen LogP contribution is 2.39. The molecule has 0 bridgehead atoms. The summed E-state index contributed by atoms with van der Waals surface area (Å²) in [6.07, 6.45) is -4.54. The van der Waals surface area contributed by atoms with Crippen molar-refractivity contribution in [1.29, 1.82) is 0 Å². The van der Waals surface area contributed by atoms with E-state index in [9.17, 15) is 20.4 Å². The molecule has 2 saturated heterocycles. The van der Waals surface area contributed by atoms with Crippen LogP contribution in [0.3, 0.4) is 0 Å². The Kier molecular flexibility index (Phi) is 5.49. The van der Waals surface area contributed by atoms with Crippen LogP contribution < -0.4 is 0 Å². The van der Waals surface area contributed by atoms with Crippen molar-refractivity contribution < 1.29 is 39.4 Å². The Bertz CT molecular complexity index is 778. The lowest BCUT2D eigenvalue weighted by Gasteiger charge is -2.24. The molecule has 0 aliphatic carbocycles. The molecule has 28 heavy (non-hydrogen) atoms. The highest BCUT2D eigenvalue weighted by atomic mass is 16.8. The number of phenols is 2. The molecule has 2 unspecified atom stereocenters. The van der Waals surface area contributed by atoms with E-state index in [0.29, 0.717) is 5.56 Å². The Morgan fingerprint density at radius 2 is 1.39 bits per heavy atom. The molecule has 150 valence electrons. The molecule has 2 aliphatic rings. The van der Waals surface area contributed by atoms with Crippen molar-refractivity contribution in [2.24, 2.45) is 0 Å². The second kappa shape index (κ2) is 8.04. The molecule has 2 fully saturated rings. The van der Waals surface area contributed by atoms with Gasteiger partial charge in [-0.3, -0.25) is 0 Å². The minimum atomic E-state index is -1.15. The summed E-state index contributed by atoms with van der Waals surface area (Å²) in [5.74, 6) is 0.267. The molecule has 0 radical (unpaired) electrons. The van der Waals surface area contributed by atoms with Crippen molar-refractivity contribution in [2.75, 3.05) is 13.2 Å². The average molecular weight is 390 g/mol. The zero-order chi connectivity index (χ0) is 19.7. The molecule has 4 N–H and O–H groups in total. The van der Waals surface area contributed by atoms with Crippen LogP contribution in [0, 0.1) is 0 Å². The van der Waals surface area contributed by atoms with Gasteiger partial charge in [0.05, 0.1) is 13.2 Å². The van der Waals surface area contributed by atoms with Crippen molar-refractivity contribution >= 4 is 0 Å². The highest BCUT2D eigenvalue weighted by Gasteiger charge is 2.48. The van der Waals surface area contributed by atoms with Gasteiger partial charge < -0.3 is 39.4 Å². The SMILES string of the molecule is OC[C@H](O)[C@H]1OC(c2ccc(O)cc2)O[C@@H]1[C@H]1COC(c2ccc(O)cc2)O1.